The smallest absolute Gasteiger partial charge is 0.135 e. The fourth-order valence-corrected chi connectivity index (χ4v) is 2.69. The summed E-state index contributed by atoms with van der Waals surface area (Å²) in [5, 5.41) is 0. The molecule has 6 heteroatoms. The van der Waals surface area contributed by atoms with Crippen LogP contribution in [0.4, 0.5) is 4.39 Å². The van der Waals surface area contributed by atoms with E-state index in [2.05, 4.69) is 31.9 Å². The SMILES string of the molecule is COc1cc(Br)c(OCc2ccc(CN)cc2F)cc1Br. The van der Waals surface area contributed by atoms with Crippen molar-refractivity contribution in [3.05, 3.63) is 56.2 Å². The maximum Gasteiger partial charge on any atom is 0.135 e. The molecule has 2 aromatic carbocycles. The summed E-state index contributed by atoms with van der Waals surface area (Å²) in [5.74, 6) is 0.972. The third-order valence-electron chi connectivity index (χ3n) is 2.94. The van der Waals surface area contributed by atoms with Crippen LogP contribution >= 0.6 is 31.9 Å². The van der Waals surface area contributed by atoms with Crippen LogP contribution in [-0.4, -0.2) is 7.11 Å². The van der Waals surface area contributed by atoms with Gasteiger partial charge in [0.05, 0.1) is 16.1 Å². The zero-order valence-corrected chi connectivity index (χ0v) is 14.5. The fourth-order valence-electron chi connectivity index (χ4n) is 1.77. The number of ether oxygens (including phenoxy) is 2. The summed E-state index contributed by atoms with van der Waals surface area (Å²) >= 11 is 6.79. The third kappa shape index (κ3) is 3.96. The standard InChI is InChI=1S/C15H14Br2FNO2/c1-20-14-5-12(17)15(6-11(14)16)21-8-10-3-2-9(7-19)4-13(10)18/h2-6H,7-8,19H2,1H3. The molecular weight excluding hydrogens is 405 g/mol. The molecule has 0 fully saturated rings. The second-order valence-electron chi connectivity index (χ2n) is 4.34. The highest BCUT2D eigenvalue weighted by Crippen LogP contribution is 2.36. The lowest BCUT2D eigenvalue weighted by Crippen LogP contribution is -2.02. The number of benzene rings is 2. The molecule has 2 rings (SSSR count). The predicted octanol–water partition coefficient (Wildman–Crippen LogP) is 4.40. The van der Waals surface area contributed by atoms with Gasteiger partial charge in [0, 0.05) is 12.1 Å². The first-order chi connectivity index (χ1) is 10.0. The highest BCUT2D eigenvalue weighted by molar-refractivity contribution is 9.11. The van der Waals surface area contributed by atoms with Crippen molar-refractivity contribution in [2.75, 3.05) is 7.11 Å². The molecule has 0 aliphatic rings. The number of hydrogen-bond donors (Lipinski definition) is 1. The van der Waals surface area contributed by atoms with Crippen molar-refractivity contribution in [3.63, 3.8) is 0 Å². The summed E-state index contributed by atoms with van der Waals surface area (Å²) in [6.45, 7) is 0.448. The van der Waals surface area contributed by atoms with Gasteiger partial charge in [-0.15, -0.1) is 0 Å². The second kappa shape index (κ2) is 7.24. The summed E-state index contributed by atoms with van der Waals surface area (Å²) in [4.78, 5) is 0. The first kappa shape index (κ1) is 16.3. The highest BCUT2D eigenvalue weighted by Gasteiger charge is 2.10. The fraction of sp³-hybridized carbons (Fsp3) is 0.200. The average molecular weight is 419 g/mol. The van der Waals surface area contributed by atoms with Gasteiger partial charge < -0.3 is 15.2 Å². The van der Waals surface area contributed by atoms with E-state index in [9.17, 15) is 4.39 Å². The Kier molecular flexibility index (Phi) is 5.61. The van der Waals surface area contributed by atoms with Crippen LogP contribution in [0.25, 0.3) is 0 Å². The van der Waals surface area contributed by atoms with E-state index in [1.54, 1.807) is 31.4 Å². The number of hydrogen-bond acceptors (Lipinski definition) is 3. The Bertz CT molecular complexity index is 650. The van der Waals surface area contributed by atoms with E-state index in [4.69, 9.17) is 15.2 Å². The number of methoxy groups -OCH3 is 1. The van der Waals surface area contributed by atoms with Crippen molar-refractivity contribution in [2.24, 2.45) is 5.73 Å². The normalized spacial score (nSPS) is 10.5. The molecular formula is C15H14Br2FNO2. The molecule has 0 aliphatic carbocycles. The Morgan fingerprint density at radius 2 is 1.76 bits per heavy atom. The second-order valence-corrected chi connectivity index (χ2v) is 6.04. The van der Waals surface area contributed by atoms with Gasteiger partial charge in [-0.2, -0.15) is 0 Å². The summed E-state index contributed by atoms with van der Waals surface area (Å²) < 4.78 is 26.2. The van der Waals surface area contributed by atoms with Gasteiger partial charge in [0.2, 0.25) is 0 Å². The molecule has 0 heterocycles. The van der Waals surface area contributed by atoms with Crippen molar-refractivity contribution in [1.82, 2.24) is 0 Å². The van der Waals surface area contributed by atoms with Crippen LogP contribution in [-0.2, 0) is 13.2 Å². The molecule has 2 N–H and O–H groups in total. The molecule has 0 aromatic heterocycles. The molecule has 0 unspecified atom stereocenters. The van der Waals surface area contributed by atoms with Crippen LogP contribution in [0.2, 0.25) is 0 Å². The molecule has 112 valence electrons. The molecule has 21 heavy (non-hydrogen) atoms. The highest BCUT2D eigenvalue weighted by atomic mass is 79.9. The Morgan fingerprint density at radius 1 is 1.10 bits per heavy atom. The molecule has 0 saturated heterocycles. The summed E-state index contributed by atoms with van der Waals surface area (Å²) in [7, 11) is 1.58. The van der Waals surface area contributed by atoms with E-state index in [0.29, 0.717) is 23.6 Å². The maximum absolute atomic E-state index is 13.9. The van der Waals surface area contributed by atoms with Crippen molar-refractivity contribution in [2.45, 2.75) is 13.2 Å². The molecule has 0 saturated carbocycles. The number of halogens is 3. The topological polar surface area (TPSA) is 44.5 Å². The first-order valence-corrected chi connectivity index (χ1v) is 7.77. The van der Waals surface area contributed by atoms with Crippen LogP contribution in [0.3, 0.4) is 0 Å². The van der Waals surface area contributed by atoms with Gasteiger partial charge in [-0.05, 0) is 55.6 Å². The number of nitrogens with two attached hydrogens (primary N) is 1. The minimum Gasteiger partial charge on any atom is -0.496 e. The van der Waals surface area contributed by atoms with Gasteiger partial charge in [0.1, 0.15) is 23.9 Å². The van der Waals surface area contributed by atoms with E-state index in [1.165, 1.54) is 6.07 Å². The first-order valence-electron chi connectivity index (χ1n) is 6.18. The molecule has 0 radical (unpaired) electrons. The van der Waals surface area contributed by atoms with Crippen LogP contribution < -0.4 is 15.2 Å². The lowest BCUT2D eigenvalue weighted by Gasteiger charge is -2.12. The Hall–Kier alpha value is -1.11. The summed E-state index contributed by atoms with van der Waals surface area (Å²) in [6, 6.07) is 8.46. The van der Waals surface area contributed by atoms with Gasteiger partial charge in [-0.3, -0.25) is 0 Å². The molecule has 0 bridgehead atoms. The largest absolute Gasteiger partial charge is 0.496 e. The van der Waals surface area contributed by atoms with E-state index in [0.717, 1.165) is 14.5 Å². The van der Waals surface area contributed by atoms with Crippen LogP contribution in [0.15, 0.2) is 39.3 Å². The van der Waals surface area contributed by atoms with E-state index in [-0.39, 0.29) is 12.4 Å². The van der Waals surface area contributed by atoms with Gasteiger partial charge >= 0.3 is 0 Å². The van der Waals surface area contributed by atoms with Crippen LogP contribution in [0.5, 0.6) is 11.5 Å². The molecule has 3 nitrogen and oxygen atoms in total. The Labute approximate surface area is 139 Å². The van der Waals surface area contributed by atoms with Gasteiger partial charge in [0.15, 0.2) is 0 Å². The van der Waals surface area contributed by atoms with Crippen LogP contribution in [0, 0.1) is 5.82 Å². The third-order valence-corrected chi connectivity index (χ3v) is 4.18. The summed E-state index contributed by atoms with van der Waals surface area (Å²) in [5.41, 5.74) is 6.71. The quantitative estimate of drug-likeness (QED) is 0.782. The van der Waals surface area contributed by atoms with Crippen molar-refractivity contribution < 1.29 is 13.9 Å². The lowest BCUT2D eigenvalue weighted by molar-refractivity contribution is 0.297. The van der Waals surface area contributed by atoms with E-state index < -0.39 is 0 Å². The zero-order chi connectivity index (χ0) is 15.4. The average Bonchev–Trinajstić information content (AvgIpc) is 2.48. The molecule has 0 amide bonds. The minimum atomic E-state index is -0.318. The van der Waals surface area contributed by atoms with Crippen molar-refractivity contribution in [3.8, 4) is 11.5 Å². The molecule has 2 aromatic rings. The maximum atomic E-state index is 13.9. The van der Waals surface area contributed by atoms with Gasteiger partial charge in [0.25, 0.3) is 0 Å². The summed E-state index contributed by atoms with van der Waals surface area (Å²) in [6.07, 6.45) is 0. The monoisotopic (exact) mass is 417 g/mol. The molecule has 0 atom stereocenters. The predicted molar refractivity (Wildman–Crippen MR) is 87.0 cm³/mol. The van der Waals surface area contributed by atoms with Crippen LogP contribution in [0.1, 0.15) is 11.1 Å². The lowest BCUT2D eigenvalue weighted by atomic mass is 10.1. The van der Waals surface area contributed by atoms with E-state index >= 15 is 0 Å². The zero-order valence-electron chi connectivity index (χ0n) is 11.3. The Morgan fingerprint density at radius 3 is 2.38 bits per heavy atom. The van der Waals surface area contributed by atoms with Crippen molar-refractivity contribution in [1.29, 1.82) is 0 Å². The Balaban J connectivity index is 2.15. The minimum absolute atomic E-state index is 0.133. The van der Waals surface area contributed by atoms with E-state index in [1.807, 2.05) is 0 Å². The number of rotatable bonds is 5. The van der Waals surface area contributed by atoms with Gasteiger partial charge in [-0.1, -0.05) is 12.1 Å². The van der Waals surface area contributed by atoms with Crippen molar-refractivity contribution >= 4 is 31.9 Å². The molecule has 0 aliphatic heterocycles. The molecule has 0 spiro atoms. The van der Waals surface area contributed by atoms with Gasteiger partial charge in [-0.25, -0.2) is 4.39 Å².